The number of piperazine rings is 1. The third kappa shape index (κ3) is 4.55. The minimum atomic E-state index is -0.137. The predicted molar refractivity (Wildman–Crippen MR) is 144 cm³/mol. The van der Waals surface area contributed by atoms with Crippen LogP contribution in [-0.4, -0.2) is 35.7 Å². The number of benzene rings is 3. The first-order chi connectivity index (χ1) is 16.8. The van der Waals surface area contributed by atoms with Crippen LogP contribution in [0, 0.1) is 19.7 Å². The second-order valence-electron chi connectivity index (χ2n) is 9.84. The van der Waals surface area contributed by atoms with E-state index in [1.54, 1.807) is 0 Å². The Bertz CT molecular complexity index is 1360. The van der Waals surface area contributed by atoms with Crippen LogP contribution in [0.5, 0.6) is 0 Å². The smallest absolute Gasteiger partial charge is 0.206 e. The molecule has 1 N–H and O–H groups in total. The number of imidazole rings is 1. The number of halogens is 2. The molecule has 2 heterocycles. The van der Waals surface area contributed by atoms with Crippen LogP contribution in [0.4, 0.5) is 10.3 Å². The van der Waals surface area contributed by atoms with Crippen LogP contribution in [0.1, 0.15) is 42.0 Å². The van der Waals surface area contributed by atoms with Crippen molar-refractivity contribution in [2.45, 2.75) is 40.2 Å². The molecule has 0 atom stereocenters. The molecule has 1 aliphatic rings. The van der Waals surface area contributed by atoms with Crippen molar-refractivity contribution in [1.29, 1.82) is 0 Å². The molecule has 35 heavy (non-hydrogen) atoms. The Morgan fingerprint density at radius 3 is 2.37 bits per heavy atom. The molecule has 0 spiro atoms. The summed E-state index contributed by atoms with van der Waals surface area (Å²) < 4.78 is 16.6. The van der Waals surface area contributed by atoms with Gasteiger partial charge in [-0.05, 0) is 59.7 Å². The summed E-state index contributed by atoms with van der Waals surface area (Å²) in [7, 11) is 0. The summed E-state index contributed by atoms with van der Waals surface area (Å²) in [5.74, 6) is 1.17. The third-order valence-corrected chi connectivity index (χ3v) is 7.13. The summed E-state index contributed by atoms with van der Waals surface area (Å²) in [4.78, 5) is 7.58. The van der Waals surface area contributed by atoms with E-state index in [2.05, 4.69) is 52.9 Å². The molecule has 5 rings (SSSR count). The van der Waals surface area contributed by atoms with Gasteiger partial charge in [-0.15, -0.1) is 0 Å². The molecule has 0 amide bonds. The maximum atomic E-state index is 14.4. The molecule has 0 bridgehead atoms. The van der Waals surface area contributed by atoms with E-state index in [-0.39, 0.29) is 5.82 Å². The molecule has 4 nitrogen and oxygen atoms in total. The van der Waals surface area contributed by atoms with Gasteiger partial charge >= 0.3 is 0 Å². The lowest BCUT2D eigenvalue weighted by atomic mass is 9.92. The lowest BCUT2D eigenvalue weighted by molar-refractivity contribution is 0.571. The van der Waals surface area contributed by atoms with Gasteiger partial charge in [0, 0.05) is 36.8 Å². The van der Waals surface area contributed by atoms with Crippen molar-refractivity contribution in [2.75, 3.05) is 31.1 Å². The van der Waals surface area contributed by atoms with Crippen LogP contribution in [0.3, 0.4) is 0 Å². The largest absolute Gasteiger partial charge is 0.340 e. The second kappa shape index (κ2) is 9.63. The van der Waals surface area contributed by atoms with Crippen LogP contribution in [0.2, 0.25) is 5.02 Å². The average Bonchev–Trinajstić information content (AvgIpc) is 3.20. The highest BCUT2D eigenvalue weighted by Crippen LogP contribution is 2.38. The molecule has 4 aromatic rings. The lowest BCUT2D eigenvalue weighted by Crippen LogP contribution is -2.44. The topological polar surface area (TPSA) is 33.1 Å². The highest BCUT2D eigenvalue weighted by molar-refractivity contribution is 6.31. The standard InChI is InChI=1S/C29H32ClFN4/c1-18(2)23-7-5-6-8-24(23)25-15-22(30)16-26-28(25)33-29(34-11-9-32-10-12-34)35(26)17-21-13-19(3)27(31)20(4)14-21/h5-8,13-16,18,32H,9-12,17H2,1-4H3. The van der Waals surface area contributed by atoms with Gasteiger partial charge in [-0.25, -0.2) is 9.37 Å². The fraction of sp³-hybridized carbons (Fsp3) is 0.345. The first-order valence-corrected chi connectivity index (χ1v) is 12.7. The molecule has 3 aromatic carbocycles. The monoisotopic (exact) mass is 490 g/mol. The molecule has 6 heteroatoms. The lowest BCUT2D eigenvalue weighted by Gasteiger charge is -2.29. The van der Waals surface area contributed by atoms with E-state index in [1.807, 2.05) is 38.1 Å². The summed E-state index contributed by atoms with van der Waals surface area (Å²) in [6.45, 7) is 12.3. The maximum Gasteiger partial charge on any atom is 0.206 e. The number of anilines is 1. The van der Waals surface area contributed by atoms with Gasteiger partial charge in [0.2, 0.25) is 5.95 Å². The molecule has 0 aliphatic carbocycles. The van der Waals surface area contributed by atoms with Crippen LogP contribution in [0.25, 0.3) is 22.2 Å². The zero-order chi connectivity index (χ0) is 24.7. The normalized spacial score (nSPS) is 14.3. The predicted octanol–water partition coefficient (Wildman–Crippen LogP) is 6.69. The Hall–Kier alpha value is -2.89. The Morgan fingerprint density at radius 2 is 1.69 bits per heavy atom. The van der Waals surface area contributed by atoms with E-state index in [0.29, 0.717) is 28.6 Å². The Balaban J connectivity index is 1.74. The summed E-state index contributed by atoms with van der Waals surface area (Å²) in [6.07, 6.45) is 0. The Labute approximate surface area is 211 Å². The van der Waals surface area contributed by atoms with Crippen molar-refractivity contribution in [2.24, 2.45) is 0 Å². The molecule has 1 fully saturated rings. The summed E-state index contributed by atoms with van der Waals surface area (Å²) in [6, 6.07) is 16.4. The molecule has 0 radical (unpaired) electrons. The molecule has 1 saturated heterocycles. The molecule has 1 aromatic heterocycles. The van der Waals surface area contributed by atoms with Crippen molar-refractivity contribution in [1.82, 2.24) is 14.9 Å². The van der Waals surface area contributed by atoms with Gasteiger partial charge in [-0.3, -0.25) is 0 Å². The van der Waals surface area contributed by atoms with E-state index in [0.717, 1.165) is 54.3 Å². The van der Waals surface area contributed by atoms with Crippen molar-refractivity contribution < 1.29 is 4.39 Å². The van der Waals surface area contributed by atoms with Crippen molar-refractivity contribution in [3.05, 3.63) is 81.6 Å². The fourth-order valence-corrected chi connectivity index (χ4v) is 5.41. The average molecular weight is 491 g/mol. The summed E-state index contributed by atoms with van der Waals surface area (Å²) >= 11 is 6.73. The van der Waals surface area contributed by atoms with Crippen LogP contribution in [0.15, 0.2) is 48.5 Å². The van der Waals surface area contributed by atoms with Gasteiger partial charge in [0.25, 0.3) is 0 Å². The zero-order valence-corrected chi connectivity index (χ0v) is 21.6. The van der Waals surface area contributed by atoms with E-state index in [1.165, 1.54) is 11.1 Å². The highest BCUT2D eigenvalue weighted by Gasteiger charge is 2.23. The van der Waals surface area contributed by atoms with Gasteiger partial charge in [-0.1, -0.05) is 61.8 Å². The quantitative estimate of drug-likeness (QED) is 0.338. The number of nitrogens with zero attached hydrogens (tertiary/aromatic N) is 3. The molecule has 182 valence electrons. The zero-order valence-electron chi connectivity index (χ0n) is 20.8. The second-order valence-corrected chi connectivity index (χ2v) is 10.3. The molecule has 1 aliphatic heterocycles. The van der Waals surface area contributed by atoms with Gasteiger partial charge in [0.1, 0.15) is 5.82 Å². The molecule has 0 saturated carbocycles. The van der Waals surface area contributed by atoms with E-state index in [4.69, 9.17) is 16.6 Å². The minimum Gasteiger partial charge on any atom is -0.340 e. The fourth-order valence-electron chi connectivity index (χ4n) is 5.20. The van der Waals surface area contributed by atoms with Crippen molar-refractivity contribution in [3.8, 4) is 11.1 Å². The number of aryl methyl sites for hydroxylation is 2. The van der Waals surface area contributed by atoms with Gasteiger partial charge in [0.05, 0.1) is 17.6 Å². The third-order valence-electron chi connectivity index (χ3n) is 6.91. The number of fused-ring (bicyclic) bond motifs is 1. The first kappa shape index (κ1) is 23.8. The molecular formula is C29H32ClFN4. The van der Waals surface area contributed by atoms with Gasteiger partial charge in [0.15, 0.2) is 0 Å². The van der Waals surface area contributed by atoms with Gasteiger partial charge in [-0.2, -0.15) is 0 Å². The van der Waals surface area contributed by atoms with Crippen molar-refractivity contribution in [3.63, 3.8) is 0 Å². The van der Waals surface area contributed by atoms with Crippen LogP contribution in [-0.2, 0) is 6.54 Å². The van der Waals surface area contributed by atoms with Crippen LogP contribution >= 0.6 is 11.6 Å². The number of nitrogens with one attached hydrogen (secondary N) is 1. The number of hydrogen-bond acceptors (Lipinski definition) is 3. The van der Waals surface area contributed by atoms with Crippen molar-refractivity contribution >= 4 is 28.6 Å². The van der Waals surface area contributed by atoms with E-state index >= 15 is 0 Å². The molecule has 0 unspecified atom stereocenters. The van der Waals surface area contributed by atoms with Crippen LogP contribution < -0.4 is 10.2 Å². The highest BCUT2D eigenvalue weighted by atomic mass is 35.5. The summed E-state index contributed by atoms with van der Waals surface area (Å²) in [5.41, 5.74) is 7.83. The number of aromatic nitrogens is 2. The Morgan fingerprint density at radius 1 is 1.00 bits per heavy atom. The number of rotatable bonds is 5. The van der Waals surface area contributed by atoms with E-state index < -0.39 is 0 Å². The maximum absolute atomic E-state index is 14.4. The van der Waals surface area contributed by atoms with Gasteiger partial charge < -0.3 is 14.8 Å². The summed E-state index contributed by atoms with van der Waals surface area (Å²) in [5, 5.41) is 4.12. The minimum absolute atomic E-state index is 0.137. The SMILES string of the molecule is Cc1cc(Cn2c(N3CCNCC3)nc3c(-c4ccccc4C(C)C)cc(Cl)cc32)cc(C)c1F. The Kier molecular flexibility index (Phi) is 6.56. The first-order valence-electron chi connectivity index (χ1n) is 12.3. The molecular weight excluding hydrogens is 459 g/mol. The van der Waals surface area contributed by atoms with E-state index in [9.17, 15) is 4.39 Å². The number of hydrogen-bond donors (Lipinski definition) is 1.